The van der Waals surface area contributed by atoms with Gasteiger partial charge in [-0.3, -0.25) is 0 Å². The molecule has 0 saturated carbocycles. The van der Waals surface area contributed by atoms with E-state index in [1.54, 1.807) is 0 Å². The summed E-state index contributed by atoms with van der Waals surface area (Å²) in [6, 6.07) is 4.07. The summed E-state index contributed by atoms with van der Waals surface area (Å²) in [5, 5.41) is 0. The van der Waals surface area contributed by atoms with Crippen LogP contribution in [0.3, 0.4) is 0 Å². The molecular weight excluding hydrogens is 486 g/mol. The summed E-state index contributed by atoms with van der Waals surface area (Å²) in [6.07, 6.45) is 0. The number of hydrogen-bond donors (Lipinski definition) is 0. The third-order valence-electron chi connectivity index (χ3n) is 0.988. The molecule has 0 radical (unpaired) electrons. The van der Waals surface area contributed by atoms with E-state index in [1.165, 1.54) is 7.14 Å². The molecule has 0 fully saturated rings. The largest absolute Gasteiger partial charge is 0.0496 e. The molecule has 0 bridgehead atoms. The fourth-order valence-corrected chi connectivity index (χ4v) is 2.85. The lowest BCUT2D eigenvalue weighted by Crippen LogP contribution is -1.81. The average Bonchev–Trinajstić information content (AvgIpc) is 1.93. The predicted molar refractivity (Wildman–Crippen MR) is 67.3 cm³/mol. The number of hydrogen-bond acceptors (Lipinski definition) is 0. The van der Waals surface area contributed by atoms with Crippen LogP contribution in [0.2, 0.25) is 0 Å². The van der Waals surface area contributed by atoms with Gasteiger partial charge in [-0.15, -0.1) is 0 Å². The highest BCUT2D eigenvalue weighted by Gasteiger charge is 2.03. The second-order valence-electron chi connectivity index (χ2n) is 1.66. The van der Waals surface area contributed by atoms with E-state index in [4.69, 9.17) is 0 Å². The Labute approximate surface area is 104 Å². The van der Waals surface area contributed by atoms with Gasteiger partial charge in [0.05, 0.1) is 0 Å². The third-order valence-corrected chi connectivity index (χ3v) is 7.07. The zero-order valence-corrected chi connectivity index (χ0v) is 12.2. The second-order valence-corrected chi connectivity index (χ2v) is 5.52. The van der Waals surface area contributed by atoms with Crippen LogP contribution >= 0.6 is 77.0 Å². The van der Waals surface area contributed by atoms with Gasteiger partial charge in [-0.05, 0) is 89.2 Å². The maximum atomic E-state index is 3.45. The summed E-state index contributed by atoms with van der Waals surface area (Å²) < 4.78 is 4.82. The molecule has 0 amide bonds. The third kappa shape index (κ3) is 2.07. The van der Waals surface area contributed by atoms with Crippen LogP contribution in [0.15, 0.2) is 21.1 Å². The Kier molecular flexibility index (Phi) is 3.93. The maximum absolute atomic E-state index is 3.45. The fraction of sp³-hybridized carbons (Fsp3) is 0. The molecule has 0 aliphatic carbocycles. The first kappa shape index (κ1) is 9.73. The molecule has 1 aromatic carbocycles. The molecule has 0 aromatic heterocycles. The van der Waals surface area contributed by atoms with Crippen molar-refractivity contribution >= 4 is 77.0 Å². The molecule has 1 rings (SSSR count). The first-order chi connectivity index (χ1) is 4.63. The maximum Gasteiger partial charge on any atom is 0.0417 e. The van der Waals surface area contributed by atoms with Gasteiger partial charge in [0.15, 0.2) is 0 Å². The van der Waals surface area contributed by atoms with Crippen molar-refractivity contribution in [2.75, 3.05) is 0 Å². The van der Waals surface area contributed by atoms with Gasteiger partial charge in [0, 0.05) is 16.1 Å². The van der Waals surface area contributed by atoms with E-state index in [0.29, 0.717) is 0 Å². The minimum absolute atomic E-state index is 1.15. The Balaban J connectivity index is 3.34. The van der Waals surface area contributed by atoms with Crippen molar-refractivity contribution in [2.45, 2.75) is 0 Å². The highest BCUT2D eigenvalue weighted by molar-refractivity contribution is 14.1. The summed E-state index contributed by atoms with van der Waals surface area (Å²) in [7, 11) is 0. The van der Waals surface area contributed by atoms with Crippen molar-refractivity contribution in [1.82, 2.24) is 0 Å². The van der Waals surface area contributed by atoms with E-state index in [9.17, 15) is 0 Å². The van der Waals surface area contributed by atoms with Crippen LogP contribution < -0.4 is 0 Å². The van der Waals surface area contributed by atoms with Crippen LogP contribution in [0.1, 0.15) is 0 Å². The normalized spacial score (nSPS) is 10.0. The molecule has 10 heavy (non-hydrogen) atoms. The van der Waals surface area contributed by atoms with Gasteiger partial charge >= 0.3 is 0 Å². The summed E-state index contributed by atoms with van der Waals surface area (Å²) in [5.74, 6) is 0. The van der Waals surface area contributed by atoms with E-state index in [2.05, 4.69) is 77.0 Å². The average molecular weight is 488 g/mol. The second kappa shape index (κ2) is 4.04. The predicted octanol–water partition coefficient (Wildman–Crippen LogP) is 4.42. The fourth-order valence-electron chi connectivity index (χ4n) is 0.502. The lowest BCUT2D eigenvalue weighted by Gasteiger charge is -2.00. The quantitative estimate of drug-likeness (QED) is 0.289. The van der Waals surface area contributed by atoms with Crippen molar-refractivity contribution in [3.63, 3.8) is 0 Å². The molecular formula is C6H2Br2I2. The summed E-state index contributed by atoms with van der Waals surface area (Å²) >= 11 is 11.5. The summed E-state index contributed by atoms with van der Waals surface area (Å²) in [4.78, 5) is 0. The van der Waals surface area contributed by atoms with Gasteiger partial charge in [-0.25, -0.2) is 0 Å². The molecule has 0 aliphatic heterocycles. The first-order valence-corrected chi connectivity index (χ1v) is 6.16. The Hall–Kier alpha value is 1.64. The Bertz CT molecular complexity index is 233. The highest BCUT2D eigenvalue weighted by Crippen LogP contribution is 2.29. The minimum atomic E-state index is 1.15. The smallest absolute Gasteiger partial charge is 0.0417 e. The van der Waals surface area contributed by atoms with Gasteiger partial charge < -0.3 is 0 Å². The lowest BCUT2D eigenvalue weighted by molar-refractivity contribution is 1.49. The highest BCUT2D eigenvalue weighted by atomic mass is 127. The molecule has 0 saturated heterocycles. The molecule has 4 heteroatoms. The van der Waals surface area contributed by atoms with Crippen LogP contribution in [-0.4, -0.2) is 0 Å². The van der Waals surface area contributed by atoms with E-state index >= 15 is 0 Å². The number of rotatable bonds is 0. The summed E-state index contributed by atoms with van der Waals surface area (Å²) in [6.45, 7) is 0. The molecule has 0 N–H and O–H groups in total. The van der Waals surface area contributed by atoms with Crippen LogP contribution in [0, 0.1) is 7.14 Å². The number of halogens is 4. The van der Waals surface area contributed by atoms with E-state index in [0.717, 1.165) is 8.95 Å². The topological polar surface area (TPSA) is 0 Å². The van der Waals surface area contributed by atoms with Crippen molar-refractivity contribution < 1.29 is 0 Å². The minimum Gasteiger partial charge on any atom is -0.0496 e. The molecule has 0 nitrogen and oxygen atoms in total. The standard InChI is InChI=1S/C6H2Br2I2/c7-3-1-2-4(8)6(10)5(3)9/h1-2H. The van der Waals surface area contributed by atoms with Gasteiger partial charge in [0.1, 0.15) is 0 Å². The zero-order chi connectivity index (χ0) is 7.72. The van der Waals surface area contributed by atoms with Crippen molar-refractivity contribution in [1.29, 1.82) is 0 Å². The van der Waals surface area contributed by atoms with Gasteiger partial charge in [-0.1, -0.05) is 0 Å². The van der Waals surface area contributed by atoms with Crippen molar-refractivity contribution in [3.8, 4) is 0 Å². The van der Waals surface area contributed by atoms with Crippen LogP contribution in [-0.2, 0) is 0 Å². The Morgan fingerprint density at radius 2 is 1.20 bits per heavy atom. The lowest BCUT2D eigenvalue weighted by atomic mass is 10.4. The van der Waals surface area contributed by atoms with Gasteiger partial charge in [-0.2, -0.15) is 0 Å². The van der Waals surface area contributed by atoms with E-state index in [-0.39, 0.29) is 0 Å². The molecule has 0 atom stereocenters. The molecule has 1 aromatic rings. The van der Waals surface area contributed by atoms with E-state index < -0.39 is 0 Å². The van der Waals surface area contributed by atoms with Gasteiger partial charge in [0.25, 0.3) is 0 Å². The van der Waals surface area contributed by atoms with E-state index in [1.807, 2.05) is 12.1 Å². The van der Waals surface area contributed by atoms with Crippen LogP contribution in [0.5, 0.6) is 0 Å². The molecule has 0 spiro atoms. The molecule has 0 unspecified atom stereocenters. The zero-order valence-electron chi connectivity index (χ0n) is 4.67. The molecule has 54 valence electrons. The van der Waals surface area contributed by atoms with Crippen molar-refractivity contribution in [2.24, 2.45) is 0 Å². The van der Waals surface area contributed by atoms with Crippen LogP contribution in [0.4, 0.5) is 0 Å². The molecule has 0 heterocycles. The first-order valence-electron chi connectivity index (χ1n) is 2.42. The Morgan fingerprint density at radius 1 is 0.900 bits per heavy atom. The van der Waals surface area contributed by atoms with Crippen LogP contribution in [0.25, 0.3) is 0 Å². The number of benzene rings is 1. The SMILES string of the molecule is Brc1ccc(Br)c(I)c1I. The van der Waals surface area contributed by atoms with Gasteiger partial charge in [0.2, 0.25) is 0 Å². The monoisotopic (exact) mass is 486 g/mol. The summed E-state index contributed by atoms with van der Waals surface area (Å²) in [5.41, 5.74) is 0. The Morgan fingerprint density at radius 3 is 1.50 bits per heavy atom. The van der Waals surface area contributed by atoms with Crippen molar-refractivity contribution in [3.05, 3.63) is 28.2 Å². The molecule has 0 aliphatic rings.